The first-order chi connectivity index (χ1) is 12.1. The minimum Gasteiger partial charge on any atom is -0.425 e. The fraction of sp³-hybridized carbons (Fsp3) is 0.450. The first-order valence-corrected chi connectivity index (χ1v) is 9.01. The summed E-state index contributed by atoms with van der Waals surface area (Å²) in [5.74, 6) is 1.74. The highest BCUT2D eigenvalue weighted by Gasteiger charge is 2.32. The van der Waals surface area contributed by atoms with E-state index in [4.69, 9.17) is 4.42 Å². The van der Waals surface area contributed by atoms with E-state index in [1.165, 1.54) is 10.9 Å². The Morgan fingerprint density at radius 3 is 2.84 bits per heavy atom. The average molecular weight is 336 g/mol. The van der Waals surface area contributed by atoms with Crippen LogP contribution in [0.25, 0.3) is 10.9 Å². The highest BCUT2D eigenvalue weighted by Crippen LogP contribution is 2.33. The maximum absolute atomic E-state index is 5.72. The van der Waals surface area contributed by atoms with Crippen molar-refractivity contribution in [1.29, 1.82) is 0 Å². The second-order valence-electron chi connectivity index (χ2n) is 7.06. The summed E-state index contributed by atoms with van der Waals surface area (Å²) >= 11 is 0. The van der Waals surface area contributed by atoms with Gasteiger partial charge < -0.3 is 4.42 Å². The molecule has 130 valence electrons. The summed E-state index contributed by atoms with van der Waals surface area (Å²) in [7, 11) is 0. The molecule has 3 aromatic rings. The van der Waals surface area contributed by atoms with Crippen molar-refractivity contribution in [2.45, 2.75) is 52.1 Å². The van der Waals surface area contributed by atoms with E-state index >= 15 is 0 Å². The number of para-hydroxylation sites is 1. The van der Waals surface area contributed by atoms with E-state index < -0.39 is 0 Å². The normalized spacial score (nSPS) is 21.7. The number of aryl methyl sites for hydroxylation is 2. The number of hydrogen-bond acceptors (Lipinski definition) is 5. The monoisotopic (exact) mass is 336 g/mol. The van der Waals surface area contributed by atoms with E-state index in [0.29, 0.717) is 17.9 Å². The number of piperidine rings is 1. The summed E-state index contributed by atoms with van der Waals surface area (Å²) in [6, 6.07) is 11.0. The van der Waals surface area contributed by atoms with Crippen molar-refractivity contribution in [3.05, 3.63) is 53.4 Å². The summed E-state index contributed by atoms with van der Waals surface area (Å²) in [6.07, 6.45) is 2.26. The van der Waals surface area contributed by atoms with Gasteiger partial charge in [-0.15, -0.1) is 10.2 Å². The Morgan fingerprint density at radius 2 is 2.04 bits per heavy atom. The predicted octanol–water partition coefficient (Wildman–Crippen LogP) is 4.00. The average Bonchev–Trinajstić information content (AvgIpc) is 3.03. The van der Waals surface area contributed by atoms with E-state index in [0.717, 1.165) is 43.0 Å². The topological polar surface area (TPSA) is 55.1 Å². The SMILES string of the molecule is Cc1cc(CN2CCC[C@H](c3nnc(C)o3)[C@@H]2C)c2ccccc2n1. The molecule has 0 unspecified atom stereocenters. The molecule has 1 aliphatic heterocycles. The Balaban J connectivity index is 1.62. The second-order valence-corrected chi connectivity index (χ2v) is 7.06. The molecule has 2 atom stereocenters. The van der Waals surface area contributed by atoms with Crippen LogP contribution < -0.4 is 0 Å². The van der Waals surface area contributed by atoms with E-state index in [2.05, 4.69) is 64.3 Å². The molecule has 4 rings (SSSR count). The minimum absolute atomic E-state index is 0.309. The van der Waals surface area contributed by atoms with Gasteiger partial charge in [0.25, 0.3) is 0 Å². The van der Waals surface area contributed by atoms with Crippen molar-refractivity contribution in [2.75, 3.05) is 6.54 Å². The van der Waals surface area contributed by atoms with Crippen molar-refractivity contribution in [1.82, 2.24) is 20.1 Å². The molecule has 0 aliphatic carbocycles. The Kier molecular flexibility index (Phi) is 4.25. The molecule has 5 nitrogen and oxygen atoms in total. The molecule has 1 saturated heterocycles. The summed E-state index contributed by atoms with van der Waals surface area (Å²) in [5, 5.41) is 9.53. The number of pyridine rings is 1. The maximum atomic E-state index is 5.72. The zero-order chi connectivity index (χ0) is 17.4. The molecular weight excluding hydrogens is 312 g/mol. The summed E-state index contributed by atoms with van der Waals surface area (Å²) in [4.78, 5) is 7.20. The zero-order valence-electron chi connectivity index (χ0n) is 15.1. The van der Waals surface area contributed by atoms with Gasteiger partial charge in [0.1, 0.15) is 0 Å². The Bertz CT molecular complexity index is 888. The van der Waals surface area contributed by atoms with Gasteiger partial charge in [0.2, 0.25) is 11.8 Å². The lowest BCUT2D eigenvalue weighted by molar-refractivity contribution is 0.119. The standard InChI is InChI=1S/C20H24N4O/c1-13-11-16(18-7-4-5-9-19(18)21-13)12-24-10-6-8-17(14(24)2)20-23-22-15(3)25-20/h4-5,7,9,11,14,17H,6,8,10,12H2,1-3H3/t14-,17-/m0/s1. The molecule has 1 aliphatic rings. The van der Waals surface area contributed by atoms with Crippen LogP contribution in [-0.4, -0.2) is 32.7 Å². The maximum Gasteiger partial charge on any atom is 0.221 e. The van der Waals surface area contributed by atoms with Crippen LogP contribution in [0.5, 0.6) is 0 Å². The number of aromatic nitrogens is 3. The third kappa shape index (κ3) is 3.16. The molecule has 0 radical (unpaired) electrons. The van der Waals surface area contributed by atoms with Crippen molar-refractivity contribution in [3.63, 3.8) is 0 Å². The lowest BCUT2D eigenvalue weighted by Gasteiger charge is -2.38. The van der Waals surface area contributed by atoms with E-state index in [1.54, 1.807) is 0 Å². The van der Waals surface area contributed by atoms with Gasteiger partial charge in [0.05, 0.1) is 11.4 Å². The van der Waals surface area contributed by atoms with E-state index in [-0.39, 0.29) is 0 Å². The number of hydrogen-bond donors (Lipinski definition) is 0. The van der Waals surface area contributed by atoms with Gasteiger partial charge in [-0.1, -0.05) is 18.2 Å². The molecule has 0 N–H and O–H groups in total. The quantitative estimate of drug-likeness (QED) is 0.723. The number of nitrogens with zero attached hydrogens (tertiary/aromatic N) is 4. The third-order valence-corrected chi connectivity index (χ3v) is 5.28. The summed E-state index contributed by atoms with van der Waals surface area (Å²) in [5.41, 5.74) is 3.49. The van der Waals surface area contributed by atoms with Gasteiger partial charge in [0.15, 0.2) is 0 Å². The molecule has 0 bridgehead atoms. The van der Waals surface area contributed by atoms with E-state index in [1.807, 2.05) is 6.92 Å². The smallest absolute Gasteiger partial charge is 0.221 e. The lowest BCUT2D eigenvalue weighted by Crippen LogP contribution is -2.41. The van der Waals surface area contributed by atoms with Gasteiger partial charge in [0, 0.05) is 30.6 Å². The fourth-order valence-corrected chi connectivity index (χ4v) is 3.97. The molecule has 5 heteroatoms. The van der Waals surface area contributed by atoms with Gasteiger partial charge >= 0.3 is 0 Å². The van der Waals surface area contributed by atoms with Crippen molar-refractivity contribution in [3.8, 4) is 0 Å². The molecule has 0 saturated carbocycles. The predicted molar refractivity (Wildman–Crippen MR) is 97.4 cm³/mol. The van der Waals surface area contributed by atoms with Gasteiger partial charge in [-0.25, -0.2) is 0 Å². The van der Waals surface area contributed by atoms with Crippen molar-refractivity contribution in [2.24, 2.45) is 0 Å². The molecule has 3 heterocycles. The summed E-state index contributed by atoms with van der Waals surface area (Å²) < 4.78 is 5.72. The van der Waals surface area contributed by atoms with Gasteiger partial charge in [-0.2, -0.15) is 0 Å². The largest absolute Gasteiger partial charge is 0.425 e. The molecule has 0 spiro atoms. The Labute approximate surface area is 148 Å². The van der Waals surface area contributed by atoms with E-state index in [9.17, 15) is 0 Å². The fourth-order valence-electron chi connectivity index (χ4n) is 3.97. The van der Waals surface area contributed by atoms with Crippen LogP contribution in [0.15, 0.2) is 34.7 Å². The van der Waals surface area contributed by atoms with Crippen LogP contribution in [0.1, 0.15) is 48.7 Å². The first kappa shape index (κ1) is 16.2. The van der Waals surface area contributed by atoms with Crippen molar-refractivity contribution >= 4 is 10.9 Å². The first-order valence-electron chi connectivity index (χ1n) is 9.01. The van der Waals surface area contributed by atoms with Crippen LogP contribution in [0.2, 0.25) is 0 Å². The Morgan fingerprint density at radius 1 is 1.20 bits per heavy atom. The molecular formula is C20H24N4O. The number of rotatable bonds is 3. The number of likely N-dealkylation sites (tertiary alicyclic amines) is 1. The molecule has 25 heavy (non-hydrogen) atoms. The number of benzene rings is 1. The van der Waals surface area contributed by atoms with Crippen molar-refractivity contribution < 1.29 is 4.42 Å². The summed E-state index contributed by atoms with van der Waals surface area (Å²) in [6.45, 7) is 8.22. The third-order valence-electron chi connectivity index (χ3n) is 5.28. The molecule has 2 aromatic heterocycles. The lowest BCUT2D eigenvalue weighted by atomic mass is 9.89. The molecule has 0 amide bonds. The highest BCUT2D eigenvalue weighted by atomic mass is 16.4. The van der Waals surface area contributed by atoms with Crippen LogP contribution in [-0.2, 0) is 6.54 Å². The van der Waals surface area contributed by atoms with Crippen LogP contribution >= 0.6 is 0 Å². The van der Waals surface area contributed by atoms with Crippen LogP contribution in [0.4, 0.5) is 0 Å². The highest BCUT2D eigenvalue weighted by molar-refractivity contribution is 5.82. The second kappa shape index (κ2) is 6.56. The van der Waals surface area contributed by atoms with Gasteiger partial charge in [-0.3, -0.25) is 9.88 Å². The minimum atomic E-state index is 0.309. The zero-order valence-corrected chi connectivity index (χ0v) is 15.1. The van der Waals surface area contributed by atoms with Crippen LogP contribution in [0, 0.1) is 13.8 Å². The molecule has 1 aromatic carbocycles. The Hall–Kier alpha value is -2.27. The van der Waals surface area contributed by atoms with Crippen LogP contribution in [0.3, 0.4) is 0 Å². The van der Waals surface area contributed by atoms with Gasteiger partial charge in [-0.05, 0) is 50.9 Å². The molecule has 1 fully saturated rings. The number of fused-ring (bicyclic) bond motifs is 1.